The lowest BCUT2D eigenvalue weighted by Crippen LogP contribution is -2.26. The molecule has 1 fully saturated rings. The molecule has 1 aliphatic heterocycles. The van der Waals surface area contributed by atoms with Crippen molar-refractivity contribution in [1.82, 2.24) is 5.32 Å². The first-order valence-electron chi connectivity index (χ1n) is 6.93. The van der Waals surface area contributed by atoms with Crippen LogP contribution in [0.4, 0.5) is 5.69 Å². The average Bonchev–Trinajstić information content (AvgIpc) is 2.78. The van der Waals surface area contributed by atoms with Gasteiger partial charge < -0.3 is 11.1 Å². The first kappa shape index (κ1) is 18.1. The molecule has 0 saturated carbocycles. The molecule has 4 N–H and O–H groups in total. The van der Waals surface area contributed by atoms with E-state index in [0.717, 1.165) is 5.56 Å². The van der Waals surface area contributed by atoms with Gasteiger partial charge in [-0.1, -0.05) is 19.1 Å². The highest BCUT2D eigenvalue weighted by atomic mass is 35.5. The molecule has 3 amide bonds. The molecular weight excluding hydrogens is 306 g/mol. The van der Waals surface area contributed by atoms with Gasteiger partial charge in [0.2, 0.25) is 17.7 Å². The predicted octanol–water partition coefficient (Wildman–Crippen LogP) is 0.847. The van der Waals surface area contributed by atoms with Crippen molar-refractivity contribution in [1.29, 1.82) is 0 Å². The van der Waals surface area contributed by atoms with E-state index in [9.17, 15) is 14.4 Å². The highest BCUT2D eigenvalue weighted by Gasteiger charge is 2.30. The van der Waals surface area contributed by atoms with Gasteiger partial charge in [0.15, 0.2) is 0 Å². The van der Waals surface area contributed by atoms with E-state index in [1.165, 1.54) is 0 Å². The van der Waals surface area contributed by atoms with Crippen LogP contribution in [0.2, 0.25) is 0 Å². The second-order valence-corrected chi connectivity index (χ2v) is 5.34. The molecule has 120 valence electrons. The minimum atomic E-state index is -0.296. The number of anilines is 1. The maximum absolute atomic E-state index is 11.7. The Morgan fingerprint density at radius 1 is 1.36 bits per heavy atom. The number of hydrogen-bond donors (Lipinski definition) is 3. The Morgan fingerprint density at radius 3 is 2.50 bits per heavy atom. The quantitative estimate of drug-likeness (QED) is 0.698. The van der Waals surface area contributed by atoms with E-state index >= 15 is 0 Å². The summed E-state index contributed by atoms with van der Waals surface area (Å²) < 4.78 is 0. The summed E-state index contributed by atoms with van der Waals surface area (Å²) in [6.45, 7) is 2.06. The predicted molar refractivity (Wildman–Crippen MR) is 85.5 cm³/mol. The monoisotopic (exact) mass is 325 g/mol. The van der Waals surface area contributed by atoms with Crippen molar-refractivity contribution in [2.45, 2.75) is 19.8 Å². The number of nitrogens with two attached hydrogens (primary N) is 1. The van der Waals surface area contributed by atoms with Crippen LogP contribution in [0.1, 0.15) is 18.9 Å². The van der Waals surface area contributed by atoms with Crippen LogP contribution >= 0.6 is 12.4 Å². The van der Waals surface area contributed by atoms with E-state index in [2.05, 4.69) is 10.6 Å². The molecule has 0 aliphatic carbocycles. The third-order valence-electron chi connectivity index (χ3n) is 3.57. The topological polar surface area (TPSA) is 101 Å². The molecule has 1 aromatic rings. The summed E-state index contributed by atoms with van der Waals surface area (Å²) in [6, 6.07) is 7.26. The fourth-order valence-electron chi connectivity index (χ4n) is 2.15. The van der Waals surface area contributed by atoms with Crippen LogP contribution in [-0.2, 0) is 20.8 Å². The summed E-state index contributed by atoms with van der Waals surface area (Å²) in [7, 11) is 0. The molecule has 0 radical (unpaired) electrons. The molecule has 2 atom stereocenters. The summed E-state index contributed by atoms with van der Waals surface area (Å²) in [5.41, 5.74) is 7.08. The van der Waals surface area contributed by atoms with Crippen LogP contribution in [0.3, 0.4) is 0 Å². The second-order valence-electron chi connectivity index (χ2n) is 5.34. The largest absolute Gasteiger partial charge is 0.330 e. The van der Waals surface area contributed by atoms with Gasteiger partial charge in [0.05, 0.1) is 5.92 Å². The Balaban J connectivity index is 0.00000242. The maximum atomic E-state index is 11.7. The van der Waals surface area contributed by atoms with Gasteiger partial charge in [-0.15, -0.1) is 12.4 Å². The van der Waals surface area contributed by atoms with Crippen LogP contribution in [0.5, 0.6) is 0 Å². The highest BCUT2D eigenvalue weighted by molar-refractivity contribution is 6.03. The Morgan fingerprint density at radius 2 is 2.00 bits per heavy atom. The number of hydrogen-bond acceptors (Lipinski definition) is 4. The van der Waals surface area contributed by atoms with Crippen molar-refractivity contribution in [3.8, 4) is 0 Å². The summed E-state index contributed by atoms with van der Waals surface area (Å²) in [5.74, 6) is -1.09. The fraction of sp³-hybridized carbons (Fsp3) is 0.400. The molecule has 0 aromatic heterocycles. The number of carbonyl (C=O) groups is 3. The van der Waals surface area contributed by atoms with E-state index in [0.29, 0.717) is 18.7 Å². The van der Waals surface area contributed by atoms with Crippen molar-refractivity contribution >= 4 is 35.8 Å². The van der Waals surface area contributed by atoms with Gasteiger partial charge in [0, 0.05) is 24.6 Å². The van der Waals surface area contributed by atoms with Crippen LogP contribution in [0.25, 0.3) is 0 Å². The first-order valence-corrected chi connectivity index (χ1v) is 6.93. The summed E-state index contributed by atoms with van der Waals surface area (Å²) in [4.78, 5) is 34.3. The molecule has 0 bridgehead atoms. The van der Waals surface area contributed by atoms with Crippen LogP contribution < -0.4 is 16.4 Å². The van der Waals surface area contributed by atoms with Crippen molar-refractivity contribution in [2.75, 3.05) is 11.9 Å². The van der Waals surface area contributed by atoms with E-state index in [1.54, 1.807) is 19.1 Å². The van der Waals surface area contributed by atoms with Crippen molar-refractivity contribution in [3.05, 3.63) is 29.8 Å². The molecule has 22 heavy (non-hydrogen) atoms. The molecule has 1 aromatic carbocycles. The minimum absolute atomic E-state index is 0. The van der Waals surface area contributed by atoms with E-state index in [4.69, 9.17) is 5.73 Å². The zero-order valence-electron chi connectivity index (χ0n) is 12.3. The van der Waals surface area contributed by atoms with Crippen LogP contribution in [0.15, 0.2) is 24.3 Å². The Hall–Kier alpha value is -1.92. The third kappa shape index (κ3) is 4.54. The third-order valence-corrected chi connectivity index (χ3v) is 3.57. The van der Waals surface area contributed by atoms with Crippen molar-refractivity contribution in [2.24, 2.45) is 17.6 Å². The smallest absolute Gasteiger partial charge is 0.230 e. The van der Waals surface area contributed by atoms with Crippen LogP contribution in [0, 0.1) is 11.8 Å². The number of carbonyl (C=O) groups excluding carboxylic acids is 3. The van der Waals surface area contributed by atoms with Gasteiger partial charge in [0.1, 0.15) is 0 Å². The van der Waals surface area contributed by atoms with Gasteiger partial charge in [-0.3, -0.25) is 19.7 Å². The lowest BCUT2D eigenvalue weighted by atomic mass is 9.98. The van der Waals surface area contributed by atoms with Crippen molar-refractivity contribution in [3.63, 3.8) is 0 Å². The number of halogens is 1. The lowest BCUT2D eigenvalue weighted by molar-refractivity contribution is -0.126. The molecule has 2 unspecified atom stereocenters. The van der Waals surface area contributed by atoms with Gasteiger partial charge in [0.25, 0.3) is 0 Å². The molecule has 1 saturated heterocycles. The Labute approximate surface area is 135 Å². The lowest BCUT2D eigenvalue weighted by Gasteiger charge is -2.11. The summed E-state index contributed by atoms with van der Waals surface area (Å²) in [5, 5.41) is 5.07. The summed E-state index contributed by atoms with van der Waals surface area (Å²) >= 11 is 0. The molecule has 1 heterocycles. The average molecular weight is 326 g/mol. The first-order chi connectivity index (χ1) is 9.99. The summed E-state index contributed by atoms with van der Waals surface area (Å²) in [6.07, 6.45) is 0.760. The van der Waals surface area contributed by atoms with Crippen molar-refractivity contribution < 1.29 is 14.4 Å². The molecule has 6 nitrogen and oxygen atoms in total. The Kier molecular flexibility index (Phi) is 6.52. The maximum Gasteiger partial charge on any atom is 0.230 e. The number of rotatable bonds is 5. The molecular formula is C15H20ClN3O3. The van der Waals surface area contributed by atoms with E-state index in [1.807, 2.05) is 12.1 Å². The number of amides is 3. The van der Waals surface area contributed by atoms with E-state index in [-0.39, 0.29) is 48.4 Å². The normalized spacial score (nSPS) is 18.4. The minimum Gasteiger partial charge on any atom is -0.330 e. The van der Waals surface area contributed by atoms with Gasteiger partial charge >= 0.3 is 0 Å². The molecule has 7 heteroatoms. The zero-order valence-corrected chi connectivity index (χ0v) is 13.1. The Bertz CT molecular complexity index is 560. The van der Waals surface area contributed by atoms with Gasteiger partial charge in [-0.05, 0) is 24.1 Å². The SMILES string of the molecule is CC(CN)C(=O)Nc1ccc(CC2CC(=O)NC2=O)cc1.Cl. The van der Waals surface area contributed by atoms with Gasteiger partial charge in [-0.2, -0.15) is 0 Å². The fourth-order valence-corrected chi connectivity index (χ4v) is 2.15. The number of benzene rings is 1. The number of nitrogens with one attached hydrogen (secondary N) is 2. The molecule has 0 spiro atoms. The molecule has 2 rings (SSSR count). The second kappa shape index (κ2) is 7.91. The van der Waals surface area contributed by atoms with Gasteiger partial charge in [-0.25, -0.2) is 0 Å². The standard InChI is InChI=1S/C15H19N3O3.ClH/c1-9(8-16)14(20)17-12-4-2-10(3-5-12)6-11-7-13(19)18-15(11)21;/h2-5,9,11H,6-8,16H2,1H3,(H,17,20)(H,18,19,21);1H. The number of imide groups is 1. The zero-order chi connectivity index (χ0) is 15.4. The van der Waals surface area contributed by atoms with Crippen LogP contribution in [-0.4, -0.2) is 24.3 Å². The van der Waals surface area contributed by atoms with E-state index < -0.39 is 0 Å². The highest BCUT2D eigenvalue weighted by Crippen LogP contribution is 2.19. The molecule has 1 aliphatic rings.